The summed E-state index contributed by atoms with van der Waals surface area (Å²) in [6.45, 7) is 2.90. The third kappa shape index (κ3) is 4.30. The molecule has 1 unspecified atom stereocenters. The van der Waals surface area contributed by atoms with Gasteiger partial charge in [0.25, 0.3) is 0 Å². The molecule has 0 bridgehead atoms. The van der Waals surface area contributed by atoms with Gasteiger partial charge in [-0.2, -0.15) is 0 Å². The fourth-order valence-electron chi connectivity index (χ4n) is 2.34. The van der Waals surface area contributed by atoms with E-state index >= 15 is 0 Å². The van der Waals surface area contributed by atoms with Crippen molar-refractivity contribution in [2.24, 2.45) is 0 Å². The summed E-state index contributed by atoms with van der Waals surface area (Å²) >= 11 is 2.07. The summed E-state index contributed by atoms with van der Waals surface area (Å²) in [5, 5.41) is 4.20. The van der Waals surface area contributed by atoms with Crippen LogP contribution in [0.1, 0.15) is 24.8 Å². The molecule has 0 saturated heterocycles. The first-order valence-electron chi connectivity index (χ1n) is 6.84. The topological polar surface area (TPSA) is 21.3 Å². The van der Waals surface area contributed by atoms with Crippen LogP contribution in [0.15, 0.2) is 29.2 Å². The number of hydrogen-bond donors (Lipinski definition) is 1. The molecule has 2 rings (SSSR count). The van der Waals surface area contributed by atoms with Crippen molar-refractivity contribution in [2.45, 2.75) is 35.8 Å². The lowest BCUT2D eigenvalue weighted by Gasteiger charge is -2.08. The van der Waals surface area contributed by atoms with Crippen LogP contribution in [0.25, 0.3) is 0 Å². The third-order valence-corrected chi connectivity index (χ3v) is 4.71. The zero-order valence-corrected chi connectivity index (χ0v) is 12.0. The Bertz CT molecular complexity index is 331. The Labute approximate surface area is 114 Å². The lowest BCUT2D eigenvalue weighted by atomic mass is 10.1. The fraction of sp³-hybridized carbons (Fsp3) is 0.600. The molecule has 3 heteroatoms. The molecule has 18 heavy (non-hydrogen) atoms. The van der Waals surface area contributed by atoms with Crippen molar-refractivity contribution in [2.75, 3.05) is 26.8 Å². The molecule has 0 saturated carbocycles. The number of fused-ring (bicyclic) bond motifs is 1. The number of benzene rings is 1. The van der Waals surface area contributed by atoms with Gasteiger partial charge in [-0.25, -0.2) is 0 Å². The Balaban J connectivity index is 1.54. The van der Waals surface area contributed by atoms with Gasteiger partial charge < -0.3 is 10.1 Å². The van der Waals surface area contributed by atoms with E-state index in [1.165, 1.54) is 30.6 Å². The van der Waals surface area contributed by atoms with Crippen LogP contribution in [0.4, 0.5) is 0 Å². The van der Waals surface area contributed by atoms with Crippen molar-refractivity contribution in [1.29, 1.82) is 0 Å². The average molecular weight is 265 g/mol. The molecule has 0 fully saturated rings. The van der Waals surface area contributed by atoms with E-state index in [0.717, 1.165) is 24.9 Å². The standard InChI is InChI=1S/C15H23NOS/c1-17-11-10-16-9-5-4-7-14-12-13-6-2-3-8-15(13)18-14/h2-3,6,8,14,16H,4-5,7,9-12H2,1H3. The maximum absolute atomic E-state index is 5.00. The van der Waals surface area contributed by atoms with Gasteiger partial charge in [0, 0.05) is 23.8 Å². The van der Waals surface area contributed by atoms with E-state index in [4.69, 9.17) is 4.74 Å². The van der Waals surface area contributed by atoms with Crippen LogP contribution >= 0.6 is 11.8 Å². The van der Waals surface area contributed by atoms with Gasteiger partial charge in [-0.3, -0.25) is 0 Å². The van der Waals surface area contributed by atoms with Crippen LogP contribution in [0, 0.1) is 0 Å². The summed E-state index contributed by atoms with van der Waals surface area (Å²) in [6, 6.07) is 8.83. The molecule has 0 spiro atoms. The minimum atomic E-state index is 0.807. The van der Waals surface area contributed by atoms with E-state index in [-0.39, 0.29) is 0 Å². The first kappa shape index (κ1) is 13.9. The second-order valence-corrected chi connectivity index (χ2v) is 6.13. The number of nitrogens with one attached hydrogen (secondary N) is 1. The number of methoxy groups -OCH3 is 1. The number of ether oxygens (including phenoxy) is 1. The molecule has 0 amide bonds. The van der Waals surface area contributed by atoms with Gasteiger partial charge in [-0.15, -0.1) is 11.8 Å². The van der Waals surface area contributed by atoms with E-state index in [0.29, 0.717) is 0 Å². The summed E-state index contributed by atoms with van der Waals surface area (Å²) in [5.74, 6) is 0. The zero-order valence-electron chi connectivity index (χ0n) is 11.2. The summed E-state index contributed by atoms with van der Waals surface area (Å²) < 4.78 is 5.00. The van der Waals surface area contributed by atoms with Crippen LogP contribution < -0.4 is 5.32 Å². The minimum absolute atomic E-state index is 0.807. The minimum Gasteiger partial charge on any atom is -0.383 e. The number of thioether (sulfide) groups is 1. The van der Waals surface area contributed by atoms with Gasteiger partial charge in [0.05, 0.1) is 6.61 Å². The van der Waals surface area contributed by atoms with Crippen molar-refractivity contribution in [3.63, 3.8) is 0 Å². The predicted molar refractivity (Wildman–Crippen MR) is 78.4 cm³/mol. The quantitative estimate of drug-likeness (QED) is 0.730. The van der Waals surface area contributed by atoms with Gasteiger partial charge in [0.15, 0.2) is 0 Å². The molecule has 0 aromatic heterocycles. The van der Waals surface area contributed by atoms with Gasteiger partial charge in [-0.05, 0) is 37.4 Å². The predicted octanol–water partition coefficient (Wildman–Crippen LogP) is 3.11. The highest BCUT2D eigenvalue weighted by Crippen LogP contribution is 2.38. The SMILES string of the molecule is COCCNCCCCC1Cc2ccccc2S1. The second-order valence-electron chi connectivity index (χ2n) is 4.79. The van der Waals surface area contributed by atoms with Crippen molar-refractivity contribution >= 4 is 11.8 Å². The van der Waals surface area contributed by atoms with Crippen molar-refractivity contribution in [1.82, 2.24) is 5.32 Å². The molecule has 1 aromatic rings. The van der Waals surface area contributed by atoms with Crippen LogP contribution in [-0.2, 0) is 11.2 Å². The Morgan fingerprint density at radius 1 is 1.28 bits per heavy atom. The molecule has 1 aliphatic heterocycles. The van der Waals surface area contributed by atoms with Crippen LogP contribution in [0.3, 0.4) is 0 Å². The number of hydrogen-bond acceptors (Lipinski definition) is 3. The monoisotopic (exact) mass is 265 g/mol. The van der Waals surface area contributed by atoms with E-state index < -0.39 is 0 Å². The first-order chi connectivity index (χ1) is 8.90. The molecule has 1 heterocycles. The van der Waals surface area contributed by atoms with Gasteiger partial charge in [0.1, 0.15) is 0 Å². The lowest BCUT2D eigenvalue weighted by Crippen LogP contribution is -2.20. The summed E-state index contributed by atoms with van der Waals surface area (Å²) in [7, 11) is 1.75. The Kier molecular flexibility index (Phi) is 6.05. The summed E-state index contributed by atoms with van der Waals surface area (Å²) in [4.78, 5) is 1.50. The molecule has 2 nitrogen and oxygen atoms in total. The van der Waals surface area contributed by atoms with E-state index in [9.17, 15) is 0 Å². The summed E-state index contributed by atoms with van der Waals surface area (Å²) in [6.07, 6.45) is 5.20. The maximum atomic E-state index is 5.00. The molecule has 1 atom stereocenters. The normalized spacial score (nSPS) is 17.9. The van der Waals surface area contributed by atoms with Crippen LogP contribution in [0.5, 0.6) is 0 Å². The fourth-order valence-corrected chi connectivity index (χ4v) is 3.70. The van der Waals surface area contributed by atoms with Crippen molar-refractivity contribution < 1.29 is 4.74 Å². The second kappa shape index (κ2) is 7.82. The van der Waals surface area contributed by atoms with Gasteiger partial charge in [-0.1, -0.05) is 24.6 Å². The van der Waals surface area contributed by atoms with Crippen LogP contribution in [-0.4, -0.2) is 32.1 Å². The maximum Gasteiger partial charge on any atom is 0.0587 e. The molecular weight excluding hydrogens is 242 g/mol. The molecule has 1 aliphatic rings. The van der Waals surface area contributed by atoms with Gasteiger partial charge >= 0.3 is 0 Å². The average Bonchev–Trinajstić information content (AvgIpc) is 2.80. The zero-order chi connectivity index (χ0) is 12.6. The highest BCUT2D eigenvalue weighted by atomic mass is 32.2. The molecule has 1 N–H and O–H groups in total. The van der Waals surface area contributed by atoms with E-state index in [1.54, 1.807) is 12.7 Å². The Morgan fingerprint density at radius 3 is 3.00 bits per heavy atom. The first-order valence-corrected chi connectivity index (χ1v) is 7.72. The van der Waals surface area contributed by atoms with Gasteiger partial charge in [0.2, 0.25) is 0 Å². The molecule has 0 radical (unpaired) electrons. The summed E-state index contributed by atoms with van der Waals surface area (Å²) in [5.41, 5.74) is 1.55. The largest absolute Gasteiger partial charge is 0.383 e. The van der Waals surface area contributed by atoms with Crippen LogP contribution in [0.2, 0.25) is 0 Å². The number of rotatable bonds is 8. The highest BCUT2D eigenvalue weighted by Gasteiger charge is 2.20. The van der Waals surface area contributed by atoms with E-state index in [2.05, 4.69) is 41.3 Å². The third-order valence-electron chi connectivity index (χ3n) is 3.33. The van der Waals surface area contributed by atoms with Crippen molar-refractivity contribution in [3.05, 3.63) is 29.8 Å². The van der Waals surface area contributed by atoms with E-state index in [1.807, 2.05) is 0 Å². The molecule has 100 valence electrons. The Hall–Kier alpha value is -0.510. The Morgan fingerprint density at radius 2 is 2.17 bits per heavy atom. The number of unbranched alkanes of at least 4 members (excludes halogenated alkanes) is 1. The van der Waals surface area contributed by atoms with Crippen molar-refractivity contribution in [3.8, 4) is 0 Å². The molecular formula is C15H23NOS. The molecule has 0 aliphatic carbocycles. The molecule has 1 aromatic carbocycles. The smallest absolute Gasteiger partial charge is 0.0587 e. The highest BCUT2D eigenvalue weighted by molar-refractivity contribution is 8.00. The lowest BCUT2D eigenvalue weighted by molar-refractivity contribution is 0.199.